The molecule has 15 nitrogen and oxygen atoms in total. The first-order chi connectivity index (χ1) is 27.3. The van der Waals surface area contributed by atoms with E-state index in [0.717, 1.165) is 14.7 Å². The molecule has 0 atom stereocenters. The largest absolute Gasteiger partial charge is 1.00 e. The van der Waals surface area contributed by atoms with Crippen LogP contribution in [0.3, 0.4) is 0 Å². The van der Waals surface area contributed by atoms with Gasteiger partial charge in [0, 0.05) is 36.9 Å². The predicted octanol–water partition coefficient (Wildman–Crippen LogP) is 1.36. The number of hydrogen-bond donors (Lipinski definition) is 1. The quantitative estimate of drug-likeness (QED) is 0.118. The molecule has 0 aliphatic rings. The van der Waals surface area contributed by atoms with E-state index in [0.29, 0.717) is 34.9 Å². The number of benzene rings is 2. The van der Waals surface area contributed by atoms with E-state index in [1.165, 1.54) is 23.8 Å². The van der Waals surface area contributed by atoms with Crippen molar-refractivity contribution in [3.05, 3.63) is 158 Å². The van der Waals surface area contributed by atoms with Crippen molar-refractivity contribution in [1.29, 1.82) is 0 Å². The van der Waals surface area contributed by atoms with Crippen molar-refractivity contribution in [2.24, 2.45) is 0 Å². The number of halogens is 2. The average Bonchev–Trinajstić information content (AvgIpc) is 3.21. The number of rotatable bonds is 10. The number of fused-ring (bicyclic) bond motifs is 2. The van der Waals surface area contributed by atoms with Gasteiger partial charge in [-0.15, -0.1) is 0 Å². The number of nitrogens with zero attached hydrogens (tertiary/aromatic N) is 3. The summed E-state index contributed by atoms with van der Waals surface area (Å²) >= 11 is 3.10. The van der Waals surface area contributed by atoms with Crippen LogP contribution in [0.2, 0.25) is 0 Å². The topological polar surface area (TPSA) is 203 Å². The molecule has 0 unspecified atom stereocenters. The Morgan fingerprint density at radius 1 is 0.789 bits per heavy atom. The van der Waals surface area contributed by atoms with Crippen LogP contribution < -0.4 is 63.3 Å². The van der Waals surface area contributed by atoms with Crippen molar-refractivity contribution >= 4 is 49.7 Å². The fourth-order valence-electron chi connectivity index (χ4n) is 5.46. The van der Waals surface area contributed by atoms with Crippen LogP contribution in [0.25, 0.3) is 22.2 Å². The third-order valence-electron chi connectivity index (χ3n) is 8.10. The molecule has 0 aliphatic heterocycles. The van der Waals surface area contributed by atoms with Crippen molar-refractivity contribution in [3.8, 4) is 0 Å². The Labute approximate surface area is 357 Å². The molecule has 57 heavy (non-hydrogen) atoms. The molecule has 6 rings (SSSR count). The van der Waals surface area contributed by atoms with E-state index in [1.807, 2.05) is 30.3 Å². The Balaban J connectivity index is 0.000000458. The Kier molecular flexibility index (Phi) is 18.9. The molecule has 0 radical (unpaired) electrons. The number of carbonyl (C=O) groups is 2. The second-order valence-electron chi connectivity index (χ2n) is 11.5. The number of carbonyl (C=O) groups excluding carboxylic acids is 2. The fraction of sp³-hybridized carbons (Fsp3) is 0.282. The summed E-state index contributed by atoms with van der Waals surface area (Å²) < 4.78 is 33.6. The van der Waals surface area contributed by atoms with E-state index >= 15 is 0 Å². The van der Waals surface area contributed by atoms with Gasteiger partial charge < -0.3 is 15.0 Å². The molecule has 0 saturated heterocycles. The standard InChI is InChI=1S/C19H18N2O5.C11H12N2O5.C8H7BrO.CH3F.Na.H/c1-3-12-10-15(23)26-18-16(12)17(24)21(19(25)20(18)4-2)11-14(22)13-8-6-5-7-9-13;1-3-6-4-7(14)18-10-8(6)9(15)12-11(16)13(10)5-17-2;9-6-8(10)7-4-2-1-3-5-7;1-2;;/h5-10H,3-4,11H2,1-2H3;4H,3,5H2,1-2H3,(H,12,15,16);1-5H,6H2;1H3;;/q;;;;+1;-1/i;;;1D;;. The van der Waals surface area contributed by atoms with Crippen LogP contribution in [0.15, 0.2) is 110 Å². The summed E-state index contributed by atoms with van der Waals surface area (Å²) in [4.78, 5) is 97.8. The van der Waals surface area contributed by atoms with Gasteiger partial charge in [0.15, 0.2) is 11.6 Å². The number of alkyl halides is 2. The smallest absolute Gasteiger partial charge is 1.00 e. The van der Waals surface area contributed by atoms with E-state index in [4.69, 9.17) is 14.9 Å². The molecule has 0 bridgehead atoms. The molecule has 298 valence electrons. The van der Waals surface area contributed by atoms with Gasteiger partial charge in [0.25, 0.3) is 11.1 Å². The average molecular weight is 865 g/mol. The maximum atomic E-state index is 12.9. The Morgan fingerprint density at radius 3 is 1.72 bits per heavy atom. The minimum atomic E-state index is -1.00. The van der Waals surface area contributed by atoms with Crippen molar-refractivity contribution in [2.75, 3.05) is 19.6 Å². The normalized spacial score (nSPS) is 10.5. The number of aryl methyl sites for hydroxylation is 3. The van der Waals surface area contributed by atoms with E-state index in [-0.39, 0.29) is 84.6 Å². The first-order valence-electron chi connectivity index (χ1n) is 17.7. The molecular formula is C39H41BrFN4NaO11. The van der Waals surface area contributed by atoms with Crippen molar-refractivity contribution < 1.29 is 59.9 Å². The van der Waals surface area contributed by atoms with Crippen molar-refractivity contribution in [1.82, 2.24) is 18.7 Å². The van der Waals surface area contributed by atoms with Crippen LogP contribution in [0.1, 0.15) is 55.4 Å². The Hall–Kier alpha value is -5.07. The number of ether oxygens (including phenoxy) is 1. The van der Waals surface area contributed by atoms with E-state index in [1.54, 1.807) is 51.1 Å². The van der Waals surface area contributed by atoms with Gasteiger partial charge in [-0.1, -0.05) is 90.4 Å². The summed E-state index contributed by atoms with van der Waals surface area (Å²) in [6.45, 7) is 5.02. The van der Waals surface area contributed by atoms with Crippen molar-refractivity contribution in [3.63, 3.8) is 0 Å². The zero-order valence-corrected chi connectivity index (χ0v) is 35.6. The van der Waals surface area contributed by atoms with Gasteiger partial charge in [-0.05, 0) is 30.9 Å². The first-order valence-corrected chi connectivity index (χ1v) is 18.1. The number of Topliss-reactive ketones (excluding diaryl/α,β-unsaturated/α-hetero) is 2. The van der Waals surface area contributed by atoms with Crippen LogP contribution in [0.5, 0.6) is 0 Å². The number of aromatic amines is 1. The second kappa shape index (κ2) is 23.2. The summed E-state index contributed by atoms with van der Waals surface area (Å²) in [7, 11) is 0.394. The van der Waals surface area contributed by atoms with E-state index in [9.17, 15) is 42.7 Å². The Morgan fingerprint density at radius 2 is 1.26 bits per heavy atom. The van der Waals surface area contributed by atoms with Gasteiger partial charge in [0.1, 0.15) is 17.5 Å². The zero-order chi connectivity index (χ0) is 42.2. The van der Waals surface area contributed by atoms with Gasteiger partial charge in [0.2, 0.25) is 11.4 Å². The molecule has 4 aromatic heterocycles. The van der Waals surface area contributed by atoms with Gasteiger partial charge in [-0.2, -0.15) is 0 Å². The number of ketones is 2. The fourth-order valence-corrected chi connectivity index (χ4v) is 5.79. The predicted molar refractivity (Wildman–Crippen MR) is 213 cm³/mol. The summed E-state index contributed by atoms with van der Waals surface area (Å²) in [6, 6.07) is 20.2. The van der Waals surface area contributed by atoms with Crippen molar-refractivity contribution in [2.45, 2.75) is 53.4 Å². The molecule has 0 spiro atoms. The molecular weight excluding hydrogens is 822 g/mol. The van der Waals surface area contributed by atoms with Crippen LogP contribution in [-0.2, 0) is 37.4 Å². The van der Waals surface area contributed by atoms with E-state index < -0.39 is 40.9 Å². The Bertz CT molecular complexity index is 2700. The molecule has 2 aromatic carbocycles. The molecule has 6 aromatic rings. The molecule has 4 heterocycles. The van der Waals surface area contributed by atoms with Gasteiger partial charge in [-0.25, -0.2) is 23.7 Å². The van der Waals surface area contributed by atoms with Crippen LogP contribution in [0.4, 0.5) is 4.39 Å². The maximum absolute atomic E-state index is 12.9. The summed E-state index contributed by atoms with van der Waals surface area (Å²) in [5.74, 6) is -0.220. The zero-order valence-electron chi connectivity index (χ0n) is 34.0. The van der Waals surface area contributed by atoms with Gasteiger partial charge >= 0.3 is 52.2 Å². The molecule has 1 N–H and O–H groups in total. The third-order valence-corrected chi connectivity index (χ3v) is 8.61. The summed E-state index contributed by atoms with van der Waals surface area (Å²) in [5.41, 5.74) is -1.67. The molecule has 0 fully saturated rings. The maximum Gasteiger partial charge on any atom is 1.00 e. The second-order valence-corrected chi connectivity index (χ2v) is 12.0. The molecule has 0 aliphatic carbocycles. The van der Waals surface area contributed by atoms with E-state index in [2.05, 4.69) is 20.9 Å². The summed E-state index contributed by atoms with van der Waals surface area (Å²) in [6.07, 6.45) is 0.905. The van der Waals surface area contributed by atoms with Gasteiger partial charge in [0.05, 0.1) is 20.4 Å². The monoisotopic (exact) mass is 863 g/mol. The van der Waals surface area contributed by atoms with Gasteiger partial charge in [-0.3, -0.25) is 37.7 Å². The van der Waals surface area contributed by atoms with Crippen LogP contribution >= 0.6 is 15.9 Å². The minimum Gasteiger partial charge on any atom is -1.00 e. The number of hydrogen-bond acceptors (Lipinski definition) is 11. The minimum absolute atomic E-state index is 0. The molecule has 0 amide bonds. The molecule has 0 saturated carbocycles. The first kappa shape index (κ1) is 46.3. The summed E-state index contributed by atoms with van der Waals surface area (Å²) in [5, 5.41) is 0.764. The number of aromatic nitrogens is 4. The van der Waals surface area contributed by atoms with Crippen LogP contribution in [-0.4, -0.2) is 49.8 Å². The number of H-pyrrole nitrogens is 1. The number of methoxy groups -OCH3 is 1. The number of nitrogens with one attached hydrogen (secondary N) is 1. The molecule has 18 heteroatoms. The SMILES string of the molecule is CCc1cc(=O)oc2c1c(=O)[nH]c(=O)n2COC.CCc1cc(=O)oc2c1c(=O)n(CC(=O)c1ccccc1)c(=O)n2CC.O=C(CBr)c1ccccc1.[2H]CF.[H-].[Na+]. The van der Waals surface area contributed by atoms with Crippen LogP contribution in [0, 0.1) is 0 Å². The third kappa shape index (κ3) is 11.7.